The molecule has 18 heavy (non-hydrogen) atoms. The number of H-pyrrole nitrogens is 1. The summed E-state index contributed by atoms with van der Waals surface area (Å²) in [4.78, 5) is 3.16. The van der Waals surface area contributed by atoms with Crippen molar-refractivity contribution >= 4 is 10.9 Å². The molecule has 88 valence electrons. The maximum Gasteiger partial charge on any atom is 0.101 e. The van der Waals surface area contributed by atoms with Crippen LogP contribution in [0.4, 0.5) is 0 Å². The molecule has 0 aliphatic heterocycles. The van der Waals surface area contributed by atoms with Crippen LogP contribution in [0.1, 0.15) is 12.5 Å². The van der Waals surface area contributed by atoms with Crippen molar-refractivity contribution in [3.63, 3.8) is 0 Å². The van der Waals surface area contributed by atoms with Gasteiger partial charge >= 0.3 is 0 Å². The van der Waals surface area contributed by atoms with E-state index >= 15 is 0 Å². The van der Waals surface area contributed by atoms with Crippen LogP contribution in [0.15, 0.2) is 36.7 Å². The zero-order chi connectivity index (χ0) is 12.5. The number of rotatable bonds is 2. The van der Waals surface area contributed by atoms with Gasteiger partial charge in [-0.2, -0.15) is 10.4 Å². The van der Waals surface area contributed by atoms with Crippen molar-refractivity contribution < 1.29 is 0 Å². The van der Waals surface area contributed by atoms with Crippen LogP contribution in [-0.2, 0) is 6.54 Å². The van der Waals surface area contributed by atoms with E-state index in [2.05, 4.69) is 23.1 Å². The Morgan fingerprint density at radius 1 is 1.39 bits per heavy atom. The molecule has 0 fully saturated rings. The van der Waals surface area contributed by atoms with Crippen molar-refractivity contribution in [3.8, 4) is 17.3 Å². The SMILES string of the molecule is CCn1ccc(-c2c[nH]c3c(C#N)cccc23)n1. The number of nitriles is 1. The topological polar surface area (TPSA) is 57.4 Å². The molecule has 4 nitrogen and oxygen atoms in total. The molecular formula is C14H12N4. The van der Waals surface area contributed by atoms with E-state index in [1.54, 1.807) is 0 Å². The Labute approximate surface area is 104 Å². The summed E-state index contributed by atoms with van der Waals surface area (Å²) in [6.45, 7) is 2.91. The van der Waals surface area contributed by atoms with Crippen molar-refractivity contribution in [1.29, 1.82) is 5.26 Å². The molecular weight excluding hydrogens is 224 g/mol. The van der Waals surface area contributed by atoms with Crippen molar-refractivity contribution in [1.82, 2.24) is 14.8 Å². The van der Waals surface area contributed by atoms with Crippen LogP contribution < -0.4 is 0 Å². The number of nitrogens with zero attached hydrogens (tertiary/aromatic N) is 3. The third-order valence-electron chi connectivity index (χ3n) is 3.08. The summed E-state index contributed by atoms with van der Waals surface area (Å²) >= 11 is 0. The Kier molecular flexibility index (Phi) is 2.38. The second-order valence-electron chi connectivity index (χ2n) is 4.10. The zero-order valence-corrected chi connectivity index (χ0v) is 10.0. The summed E-state index contributed by atoms with van der Waals surface area (Å²) in [5, 5.41) is 14.6. The first-order chi connectivity index (χ1) is 8.83. The van der Waals surface area contributed by atoms with Gasteiger partial charge in [0.2, 0.25) is 0 Å². The van der Waals surface area contributed by atoms with Crippen LogP contribution in [0.3, 0.4) is 0 Å². The molecule has 0 unspecified atom stereocenters. The van der Waals surface area contributed by atoms with Gasteiger partial charge in [-0.3, -0.25) is 4.68 Å². The fourth-order valence-electron chi connectivity index (χ4n) is 2.14. The molecule has 3 aromatic rings. The highest BCUT2D eigenvalue weighted by Crippen LogP contribution is 2.28. The molecule has 1 N–H and O–H groups in total. The Morgan fingerprint density at radius 3 is 3.00 bits per heavy atom. The molecule has 4 heteroatoms. The lowest BCUT2D eigenvalue weighted by Gasteiger charge is -1.96. The predicted molar refractivity (Wildman–Crippen MR) is 69.9 cm³/mol. The number of benzene rings is 1. The van der Waals surface area contributed by atoms with Crippen molar-refractivity contribution in [2.24, 2.45) is 0 Å². The number of para-hydroxylation sites is 1. The maximum absolute atomic E-state index is 9.07. The van der Waals surface area contributed by atoms with Crippen molar-refractivity contribution in [3.05, 3.63) is 42.2 Å². The van der Waals surface area contributed by atoms with Gasteiger partial charge in [0.05, 0.1) is 16.8 Å². The lowest BCUT2D eigenvalue weighted by Crippen LogP contribution is -1.93. The van der Waals surface area contributed by atoms with Crippen LogP contribution in [0, 0.1) is 11.3 Å². The van der Waals surface area contributed by atoms with Crippen LogP contribution in [0.2, 0.25) is 0 Å². The molecule has 0 aliphatic rings. The lowest BCUT2D eigenvalue weighted by molar-refractivity contribution is 0.662. The Bertz CT molecular complexity index is 743. The van der Waals surface area contributed by atoms with E-state index in [0.717, 1.165) is 28.7 Å². The molecule has 0 spiro atoms. The van der Waals surface area contributed by atoms with Gasteiger partial charge in [-0.25, -0.2) is 0 Å². The van der Waals surface area contributed by atoms with Crippen LogP contribution >= 0.6 is 0 Å². The number of hydrogen-bond donors (Lipinski definition) is 1. The number of aromatic amines is 1. The van der Waals surface area contributed by atoms with Gasteiger partial charge in [0.25, 0.3) is 0 Å². The van der Waals surface area contributed by atoms with Crippen molar-refractivity contribution in [2.45, 2.75) is 13.5 Å². The normalized spacial score (nSPS) is 10.7. The molecule has 2 aromatic heterocycles. The van der Waals surface area contributed by atoms with Gasteiger partial charge in [-0.1, -0.05) is 12.1 Å². The second kappa shape index (κ2) is 4.04. The molecule has 0 saturated carbocycles. The van der Waals surface area contributed by atoms with Gasteiger partial charge in [-0.05, 0) is 19.1 Å². The molecule has 0 saturated heterocycles. The van der Waals surface area contributed by atoms with Gasteiger partial charge in [0.15, 0.2) is 0 Å². The highest BCUT2D eigenvalue weighted by atomic mass is 15.3. The Hall–Kier alpha value is -2.54. The van der Waals surface area contributed by atoms with Crippen LogP contribution in [0.25, 0.3) is 22.2 Å². The van der Waals surface area contributed by atoms with E-state index in [-0.39, 0.29) is 0 Å². The smallest absolute Gasteiger partial charge is 0.101 e. The summed E-state index contributed by atoms with van der Waals surface area (Å²) in [5.41, 5.74) is 3.50. The molecule has 2 heterocycles. The highest BCUT2D eigenvalue weighted by molar-refractivity contribution is 5.97. The van der Waals surface area contributed by atoms with Gasteiger partial charge in [0.1, 0.15) is 6.07 Å². The molecule has 0 aliphatic carbocycles. The quantitative estimate of drug-likeness (QED) is 0.743. The largest absolute Gasteiger partial charge is 0.359 e. The first-order valence-electron chi connectivity index (χ1n) is 5.87. The van der Waals surface area contributed by atoms with Crippen LogP contribution in [0.5, 0.6) is 0 Å². The minimum absolute atomic E-state index is 0.661. The number of nitrogens with one attached hydrogen (secondary N) is 1. The minimum atomic E-state index is 0.661. The highest BCUT2D eigenvalue weighted by Gasteiger charge is 2.10. The summed E-state index contributed by atoms with van der Waals surface area (Å²) in [6.07, 6.45) is 3.87. The number of fused-ring (bicyclic) bond motifs is 1. The van der Waals surface area contributed by atoms with Gasteiger partial charge in [0, 0.05) is 29.9 Å². The number of aryl methyl sites for hydroxylation is 1. The van der Waals surface area contributed by atoms with E-state index in [0.29, 0.717) is 5.56 Å². The second-order valence-corrected chi connectivity index (χ2v) is 4.10. The van der Waals surface area contributed by atoms with E-state index in [1.165, 1.54) is 0 Å². The predicted octanol–water partition coefficient (Wildman–Crippen LogP) is 2.92. The minimum Gasteiger partial charge on any atom is -0.359 e. The molecule has 0 radical (unpaired) electrons. The first kappa shape index (κ1) is 10.6. The molecule has 3 rings (SSSR count). The van der Waals surface area contributed by atoms with E-state index in [9.17, 15) is 0 Å². The van der Waals surface area contributed by atoms with Crippen molar-refractivity contribution in [2.75, 3.05) is 0 Å². The van der Waals surface area contributed by atoms with Gasteiger partial charge < -0.3 is 4.98 Å². The van der Waals surface area contributed by atoms with E-state index in [1.807, 2.05) is 41.3 Å². The van der Waals surface area contributed by atoms with E-state index in [4.69, 9.17) is 5.26 Å². The number of hydrogen-bond acceptors (Lipinski definition) is 2. The molecule has 0 amide bonds. The van der Waals surface area contributed by atoms with E-state index < -0.39 is 0 Å². The monoisotopic (exact) mass is 236 g/mol. The maximum atomic E-state index is 9.07. The molecule has 0 bridgehead atoms. The summed E-state index contributed by atoms with van der Waals surface area (Å²) < 4.78 is 1.89. The fraction of sp³-hybridized carbons (Fsp3) is 0.143. The average molecular weight is 236 g/mol. The standard InChI is InChI=1S/C14H12N4/c1-2-18-7-6-13(17-18)12-9-16-14-10(8-15)4-3-5-11(12)14/h3-7,9,16H,2H2,1H3. The zero-order valence-electron chi connectivity index (χ0n) is 10.0. The first-order valence-corrected chi connectivity index (χ1v) is 5.87. The fourth-order valence-corrected chi connectivity index (χ4v) is 2.14. The Morgan fingerprint density at radius 2 is 2.28 bits per heavy atom. The van der Waals surface area contributed by atoms with Crippen LogP contribution in [-0.4, -0.2) is 14.8 Å². The lowest BCUT2D eigenvalue weighted by atomic mass is 10.1. The summed E-state index contributed by atoms with van der Waals surface area (Å²) in [6, 6.07) is 9.90. The summed E-state index contributed by atoms with van der Waals surface area (Å²) in [7, 11) is 0. The molecule has 0 atom stereocenters. The number of aromatic nitrogens is 3. The average Bonchev–Trinajstić information content (AvgIpc) is 3.03. The molecule has 1 aromatic carbocycles. The third-order valence-corrected chi connectivity index (χ3v) is 3.08. The van der Waals surface area contributed by atoms with Gasteiger partial charge in [-0.15, -0.1) is 0 Å². The third kappa shape index (κ3) is 1.49. The Balaban J connectivity index is 2.22. The summed E-state index contributed by atoms with van der Waals surface area (Å²) in [5.74, 6) is 0.